The zero-order chi connectivity index (χ0) is 18.1. The molecule has 130 valence electrons. The van der Waals surface area contributed by atoms with Crippen LogP contribution < -0.4 is 5.32 Å². The molecule has 0 saturated carbocycles. The monoisotopic (exact) mass is 344 g/mol. The Morgan fingerprint density at radius 1 is 1.12 bits per heavy atom. The molecule has 0 unspecified atom stereocenters. The number of nitrogens with zero attached hydrogens (tertiary/aromatic N) is 1. The van der Waals surface area contributed by atoms with Gasteiger partial charge in [-0.2, -0.15) is 0 Å². The Morgan fingerprint density at radius 2 is 1.72 bits per heavy atom. The third kappa shape index (κ3) is 2.75. The molecule has 3 rings (SSSR count). The van der Waals surface area contributed by atoms with Crippen molar-refractivity contribution in [3.05, 3.63) is 47.2 Å². The maximum Gasteiger partial charge on any atom is 0.333 e. The number of β-lactam (4-membered cyclic amide) rings is 1. The lowest BCUT2D eigenvalue weighted by atomic mass is 9.93. The molecule has 1 N–H and O–H groups in total. The Morgan fingerprint density at radius 3 is 2.20 bits per heavy atom. The molecular formula is C17H16N2O6. The van der Waals surface area contributed by atoms with Gasteiger partial charge in [0.1, 0.15) is 11.8 Å². The van der Waals surface area contributed by atoms with Crippen LogP contribution >= 0.6 is 0 Å². The topological polar surface area (TPSA) is 102 Å². The largest absolute Gasteiger partial charge is 0.501 e. The van der Waals surface area contributed by atoms with Gasteiger partial charge >= 0.3 is 5.97 Å². The van der Waals surface area contributed by atoms with Gasteiger partial charge in [0.25, 0.3) is 11.8 Å². The number of carbonyl (C=O) groups excluding carboxylic acids is 4. The summed E-state index contributed by atoms with van der Waals surface area (Å²) in [7, 11) is 2.62. The summed E-state index contributed by atoms with van der Waals surface area (Å²) >= 11 is 0. The lowest BCUT2D eigenvalue weighted by molar-refractivity contribution is -0.135. The van der Waals surface area contributed by atoms with Gasteiger partial charge in [0.2, 0.25) is 5.91 Å². The maximum atomic E-state index is 12.5. The number of carbonyl (C=O) groups is 4. The normalized spacial score (nSPS) is 22.2. The molecule has 8 nitrogen and oxygen atoms in total. The molecule has 0 radical (unpaired) electrons. The van der Waals surface area contributed by atoms with E-state index in [9.17, 15) is 19.2 Å². The van der Waals surface area contributed by atoms with Gasteiger partial charge in [0.05, 0.1) is 37.5 Å². The summed E-state index contributed by atoms with van der Waals surface area (Å²) in [6.07, 6.45) is 1.30. The van der Waals surface area contributed by atoms with E-state index in [1.54, 1.807) is 24.3 Å². The molecule has 0 spiro atoms. The number of imide groups is 1. The number of hydrogen-bond acceptors (Lipinski definition) is 6. The average Bonchev–Trinajstić information content (AvgIpc) is 2.85. The van der Waals surface area contributed by atoms with E-state index in [0.717, 1.165) is 11.0 Å². The Labute approximate surface area is 143 Å². The number of benzene rings is 1. The van der Waals surface area contributed by atoms with E-state index >= 15 is 0 Å². The zero-order valence-corrected chi connectivity index (χ0v) is 13.6. The third-order valence-electron chi connectivity index (χ3n) is 4.24. The quantitative estimate of drug-likeness (QED) is 0.270. The van der Waals surface area contributed by atoms with Gasteiger partial charge in [-0.25, -0.2) is 4.79 Å². The second kappa shape index (κ2) is 6.39. The van der Waals surface area contributed by atoms with Crippen LogP contribution in [0.15, 0.2) is 36.1 Å². The summed E-state index contributed by atoms with van der Waals surface area (Å²) in [6, 6.07) is 4.95. The van der Waals surface area contributed by atoms with E-state index in [-0.39, 0.29) is 23.3 Å². The molecule has 0 aromatic heterocycles. The predicted molar refractivity (Wildman–Crippen MR) is 84.4 cm³/mol. The number of amides is 3. The van der Waals surface area contributed by atoms with Gasteiger partial charge in [-0.1, -0.05) is 12.1 Å². The lowest BCUT2D eigenvalue weighted by Gasteiger charge is -2.41. The number of methoxy groups -OCH3 is 2. The number of rotatable bonds is 5. The lowest BCUT2D eigenvalue weighted by Crippen LogP contribution is -2.70. The van der Waals surface area contributed by atoms with Gasteiger partial charge in [0.15, 0.2) is 0 Å². The molecule has 0 bridgehead atoms. The van der Waals surface area contributed by atoms with E-state index in [0.29, 0.717) is 0 Å². The number of ether oxygens (including phenoxy) is 2. The molecule has 2 heterocycles. The van der Waals surface area contributed by atoms with Crippen LogP contribution in [0.4, 0.5) is 0 Å². The second-order valence-corrected chi connectivity index (χ2v) is 5.63. The molecule has 8 heteroatoms. The first-order chi connectivity index (χ1) is 12.0. The van der Waals surface area contributed by atoms with Gasteiger partial charge in [-0.15, -0.1) is 0 Å². The molecule has 1 fully saturated rings. The SMILES string of the molecule is COC(=O)/C=C(/C[C@H]1NC(=O)[C@@H]1N1C(=O)c2ccccc2C1=O)OC. The van der Waals surface area contributed by atoms with Crippen LogP contribution in [-0.2, 0) is 19.1 Å². The average molecular weight is 344 g/mol. The Bertz CT molecular complexity index is 765. The third-order valence-corrected chi connectivity index (χ3v) is 4.24. The van der Waals surface area contributed by atoms with Gasteiger partial charge in [0, 0.05) is 6.42 Å². The Balaban J connectivity index is 1.82. The molecule has 1 saturated heterocycles. The highest BCUT2D eigenvalue weighted by molar-refractivity contribution is 6.23. The zero-order valence-electron chi connectivity index (χ0n) is 13.6. The van der Waals surface area contributed by atoms with E-state index in [2.05, 4.69) is 10.1 Å². The molecule has 2 aliphatic heterocycles. The van der Waals surface area contributed by atoms with Crippen LogP contribution in [0.1, 0.15) is 27.1 Å². The Kier molecular flexibility index (Phi) is 4.26. The van der Waals surface area contributed by atoms with Crippen molar-refractivity contribution in [1.82, 2.24) is 10.2 Å². The standard InChI is InChI=1S/C17H16N2O6/c1-24-9(8-13(20)25-2)7-12-14(15(21)18-12)19-16(22)10-5-3-4-6-11(10)17(19)23/h3-6,8,12,14H,7H2,1-2H3,(H,18,21)/b9-8-/t12-,14-/m1/s1. The summed E-state index contributed by atoms with van der Waals surface area (Å²) < 4.78 is 9.65. The first kappa shape index (κ1) is 16.7. The van der Waals surface area contributed by atoms with Crippen molar-refractivity contribution in [1.29, 1.82) is 0 Å². The minimum absolute atomic E-state index is 0.148. The van der Waals surface area contributed by atoms with E-state index < -0.39 is 35.8 Å². The Hall–Kier alpha value is -3.16. The molecule has 0 aliphatic carbocycles. The summed E-state index contributed by atoms with van der Waals surface area (Å²) in [5.74, 6) is -1.74. The summed E-state index contributed by atoms with van der Waals surface area (Å²) in [5.41, 5.74) is 0.561. The van der Waals surface area contributed by atoms with Crippen molar-refractivity contribution in [2.75, 3.05) is 14.2 Å². The van der Waals surface area contributed by atoms with Crippen LogP contribution in [0, 0.1) is 0 Å². The summed E-state index contributed by atoms with van der Waals surface area (Å²) in [5, 5.41) is 2.64. The van der Waals surface area contributed by atoms with Crippen molar-refractivity contribution in [3.63, 3.8) is 0 Å². The molecule has 3 amide bonds. The summed E-state index contributed by atoms with van der Waals surface area (Å²) in [4.78, 5) is 49.4. The van der Waals surface area contributed by atoms with Crippen LogP contribution in [0.25, 0.3) is 0 Å². The van der Waals surface area contributed by atoms with E-state index in [1.165, 1.54) is 14.2 Å². The fourth-order valence-corrected chi connectivity index (χ4v) is 2.96. The van der Waals surface area contributed by atoms with E-state index in [4.69, 9.17) is 4.74 Å². The van der Waals surface area contributed by atoms with Gasteiger partial charge < -0.3 is 14.8 Å². The molecular weight excluding hydrogens is 328 g/mol. The van der Waals surface area contributed by atoms with Crippen LogP contribution in [-0.4, -0.2) is 54.9 Å². The van der Waals surface area contributed by atoms with Crippen LogP contribution in [0.5, 0.6) is 0 Å². The van der Waals surface area contributed by atoms with Gasteiger partial charge in [-0.05, 0) is 12.1 Å². The molecule has 1 aromatic rings. The number of esters is 1. The molecule has 2 atom stereocenters. The number of hydrogen-bond donors (Lipinski definition) is 1. The highest BCUT2D eigenvalue weighted by Gasteiger charge is 2.51. The fourth-order valence-electron chi connectivity index (χ4n) is 2.96. The summed E-state index contributed by atoms with van der Waals surface area (Å²) in [6.45, 7) is 0. The number of nitrogens with one attached hydrogen (secondary N) is 1. The van der Waals surface area contributed by atoms with Crippen molar-refractivity contribution in [3.8, 4) is 0 Å². The van der Waals surface area contributed by atoms with Crippen LogP contribution in [0.3, 0.4) is 0 Å². The fraction of sp³-hybridized carbons (Fsp3) is 0.294. The molecule has 25 heavy (non-hydrogen) atoms. The van der Waals surface area contributed by atoms with Crippen molar-refractivity contribution >= 4 is 23.7 Å². The highest BCUT2D eigenvalue weighted by atomic mass is 16.5. The molecule has 2 aliphatic rings. The first-order valence-electron chi connectivity index (χ1n) is 7.57. The van der Waals surface area contributed by atoms with Crippen molar-refractivity contribution in [2.24, 2.45) is 0 Å². The minimum atomic E-state index is -0.941. The van der Waals surface area contributed by atoms with Crippen LogP contribution in [0.2, 0.25) is 0 Å². The predicted octanol–water partition coefficient (Wildman–Crippen LogP) is 0.243. The second-order valence-electron chi connectivity index (χ2n) is 5.63. The molecule has 1 aromatic carbocycles. The van der Waals surface area contributed by atoms with Crippen molar-refractivity contribution < 1.29 is 28.7 Å². The van der Waals surface area contributed by atoms with Gasteiger partial charge in [-0.3, -0.25) is 19.3 Å². The van der Waals surface area contributed by atoms with Crippen molar-refractivity contribution in [2.45, 2.75) is 18.5 Å². The minimum Gasteiger partial charge on any atom is -0.501 e. The maximum absolute atomic E-state index is 12.5. The number of fused-ring (bicyclic) bond motifs is 1. The highest BCUT2D eigenvalue weighted by Crippen LogP contribution is 2.30. The van der Waals surface area contributed by atoms with E-state index in [1.807, 2.05) is 0 Å². The smallest absolute Gasteiger partial charge is 0.333 e. The first-order valence-corrected chi connectivity index (χ1v) is 7.57.